The minimum atomic E-state index is -3.12. The molecule has 0 fully saturated rings. The summed E-state index contributed by atoms with van der Waals surface area (Å²) in [6, 6.07) is 0. The Morgan fingerprint density at radius 1 is 1.26 bits per heavy atom. The van der Waals surface area contributed by atoms with Crippen LogP contribution >= 0.6 is 0 Å². The number of sulfone groups is 1. The first kappa shape index (κ1) is 15.8. The Hall–Kier alpha value is -1.28. The Morgan fingerprint density at radius 3 is 2.37 bits per heavy atom. The van der Waals surface area contributed by atoms with Gasteiger partial charge in [0.2, 0.25) is 0 Å². The standard InChI is InChI=1S/C11H21N3O4S/c1-4-13-9(8-18-3)10(12)11(15)14(13)6-7-19(16,17)5-2/h4-8,12H2,1-3H3. The molecule has 0 bridgehead atoms. The summed E-state index contributed by atoms with van der Waals surface area (Å²) < 4.78 is 31.1. The van der Waals surface area contributed by atoms with Crippen molar-refractivity contribution in [1.29, 1.82) is 0 Å². The molecule has 0 unspecified atom stereocenters. The number of rotatable bonds is 7. The van der Waals surface area contributed by atoms with Crippen LogP contribution in [0.1, 0.15) is 19.5 Å². The number of anilines is 1. The highest BCUT2D eigenvalue weighted by Gasteiger charge is 2.18. The number of ether oxygens (including phenoxy) is 1. The second kappa shape index (κ2) is 6.25. The van der Waals surface area contributed by atoms with Gasteiger partial charge in [-0.2, -0.15) is 0 Å². The topological polar surface area (TPSA) is 96.3 Å². The van der Waals surface area contributed by atoms with E-state index in [1.165, 1.54) is 11.8 Å². The normalized spacial score (nSPS) is 11.9. The zero-order valence-corrected chi connectivity index (χ0v) is 12.4. The molecule has 1 rings (SSSR count). The average Bonchev–Trinajstić information content (AvgIpc) is 2.61. The molecule has 0 aliphatic heterocycles. The largest absolute Gasteiger partial charge is 0.393 e. The number of hydrogen-bond acceptors (Lipinski definition) is 5. The van der Waals surface area contributed by atoms with Crippen molar-refractivity contribution in [2.24, 2.45) is 0 Å². The predicted octanol–water partition coefficient (Wildman–Crippen LogP) is -0.167. The van der Waals surface area contributed by atoms with Crippen LogP contribution in [-0.2, 0) is 34.3 Å². The van der Waals surface area contributed by atoms with Gasteiger partial charge in [0.15, 0.2) is 9.84 Å². The van der Waals surface area contributed by atoms with Gasteiger partial charge in [-0.25, -0.2) is 13.1 Å². The molecule has 2 N–H and O–H groups in total. The quantitative estimate of drug-likeness (QED) is 0.752. The summed E-state index contributed by atoms with van der Waals surface area (Å²) in [7, 11) is -1.60. The second-order valence-electron chi connectivity index (χ2n) is 4.17. The van der Waals surface area contributed by atoms with Gasteiger partial charge < -0.3 is 10.5 Å². The summed E-state index contributed by atoms with van der Waals surface area (Å²) in [5, 5.41) is 0. The van der Waals surface area contributed by atoms with E-state index in [1.807, 2.05) is 6.92 Å². The minimum absolute atomic E-state index is 0.0645. The summed E-state index contributed by atoms with van der Waals surface area (Å²) in [6.07, 6.45) is 0. The molecule has 1 aromatic rings. The van der Waals surface area contributed by atoms with Crippen molar-refractivity contribution in [3.8, 4) is 0 Å². The maximum Gasteiger partial charge on any atom is 0.290 e. The van der Waals surface area contributed by atoms with Crippen LogP contribution < -0.4 is 11.3 Å². The lowest BCUT2D eigenvalue weighted by molar-refractivity contribution is 0.175. The molecule has 0 aromatic carbocycles. The van der Waals surface area contributed by atoms with Crippen LogP contribution in [-0.4, -0.2) is 36.4 Å². The molecule has 0 amide bonds. The van der Waals surface area contributed by atoms with Crippen molar-refractivity contribution in [2.75, 3.05) is 24.3 Å². The van der Waals surface area contributed by atoms with Crippen molar-refractivity contribution in [2.45, 2.75) is 33.5 Å². The first-order valence-electron chi connectivity index (χ1n) is 6.15. The molecule has 1 heterocycles. The van der Waals surface area contributed by atoms with Crippen LogP contribution in [0.2, 0.25) is 0 Å². The first-order chi connectivity index (χ1) is 8.87. The number of hydrogen-bond donors (Lipinski definition) is 1. The summed E-state index contributed by atoms with van der Waals surface area (Å²) in [5.74, 6) is -0.00568. The zero-order chi connectivity index (χ0) is 14.6. The Labute approximate surface area is 112 Å². The molecule has 19 heavy (non-hydrogen) atoms. The Kier molecular flexibility index (Phi) is 5.19. The van der Waals surface area contributed by atoms with Crippen LogP contribution in [0, 0.1) is 0 Å². The zero-order valence-electron chi connectivity index (χ0n) is 11.5. The van der Waals surface area contributed by atoms with Crippen LogP contribution in [0.3, 0.4) is 0 Å². The molecule has 0 spiro atoms. The molecule has 0 radical (unpaired) electrons. The fourth-order valence-corrected chi connectivity index (χ4v) is 2.64. The van der Waals surface area contributed by atoms with E-state index in [0.717, 1.165) is 0 Å². The van der Waals surface area contributed by atoms with E-state index >= 15 is 0 Å². The van der Waals surface area contributed by atoms with Crippen molar-refractivity contribution >= 4 is 15.5 Å². The SMILES string of the molecule is CCn1c(COC)c(N)c(=O)n1CCS(=O)(=O)CC. The third-order valence-corrected chi connectivity index (χ3v) is 4.70. The van der Waals surface area contributed by atoms with E-state index in [0.29, 0.717) is 12.2 Å². The van der Waals surface area contributed by atoms with Gasteiger partial charge in [0, 0.05) is 19.4 Å². The monoisotopic (exact) mass is 291 g/mol. The number of nitrogens with two attached hydrogens (primary N) is 1. The van der Waals surface area contributed by atoms with Gasteiger partial charge in [-0.3, -0.25) is 9.48 Å². The molecule has 0 aliphatic carbocycles. The third-order valence-electron chi connectivity index (χ3n) is 3.01. The van der Waals surface area contributed by atoms with Crippen molar-refractivity contribution < 1.29 is 13.2 Å². The third kappa shape index (κ3) is 3.38. The molecule has 8 heteroatoms. The molecule has 0 saturated carbocycles. The smallest absolute Gasteiger partial charge is 0.290 e. The van der Waals surface area contributed by atoms with Gasteiger partial charge in [-0.1, -0.05) is 6.92 Å². The molecule has 7 nitrogen and oxygen atoms in total. The van der Waals surface area contributed by atoms with Gasteiger partial charge in [-0.15, -0.1) is 0 Å². The number of aromatic nitrogens is 2. The lowest BCUT2D eigenvalue weighted by Crippen LogP contribution is -2.28. The predicted molar refractivity (Wildman–Crippen MR) is 73.8 cm³/mol. The van der Waals surface area contributed by atoms with Gasteiger partial charge >= 0.3 is 0 Å². The Bertz CT molecular complexity index is 586. The van der Waals surface area contributed by atoms with Gasteiger partial charge in [-0.05, 0) is 6.92 Å². The van der Waals surface area contributed by atoms with Crippen molar-refractivity contribution in [3.05, 3.63) is 16.0 Å². The molecular weight excluding hydrogens is 270 g/mol. The van der Waals surface area contributed by atoms with Gasteiger partial charge in [0.05, 0.1) is 24.6 Å². The molecule has 0 atom stereocenters. The summed E-state index contributed by atoms with van der Waals surface area (Å²) in [6.45, 7) is 4.31. The Balaban J connectivity index is 3.14. The lowest BCUT2D eigenvalue weighted by Gasteiger charge is -2.12. The van der Waals surface area contributed by atoms with Crippen molar-refractivity contribution in [3.63, 3.8) is 0 Å². The van der Waals surface area contributed by atoms with E-state index in [9.17, 15) is 13.2 Å². The van der Waals surface area contributed by atoms with E-state index in [2.05, 4.69) is 0 Å². The first-order valence-corrected chi connectivity index (χ1v) is 7.97. The summed E-state index contributed by atoms with van der Waals surface area (Å²) in [5.41, 5.74) is 6.10. The Morgan fingerprint density at radius 2 is 1.89 bits per heavy atom. The molecular formula is C11H21N3O4S. The van der Waals surface area contributed by atoms with Crippen LogP contribution in [0.4, 0.5) is 5.69 Å². The maximum absolute atomic E-state index is 12.0. The fraction of sp³-hybridized carbons (Fsp3) is 0.727. The molecule has 0 saturated heterocycles. The highest BCUT2D eigenvalue weighted by atomic mass is 32.2. The highest BCUT2D eigenvalue weighted by molar-refractivity contribution is 7.91. The number of nitrogens with zero attached hydrogens (tertiary/aromatic N) is 2. The number of methoxy groups -OCH3 is 1. The van der Waals surface area contributed by atoms with E-state index in [-0.39, 0.29) is 35.9 Å². The van der Waals surface area contributed by atoms with E-state index < -0.39 is 9.84 Å². The summed E-state index contributed by atoms with van der Waals surface area (Å²) >= 11 is 0. The molecule has 1 aromatic heterocycles. The fourth-order valence-electron chi connectivity index (χ4n) is 1.90. The minimum Gasteiger partial charge on any atom is -0.393 e. The van der Waals surface area contributed by atoms with Crippen LogP contribution in [0.25, 0.3) is 0 Å². The highest BCUT2D eigenvalue weighted by Crippen LogP contribution is 2.10. The van der Waals surface area contributed by atoms with E-state index in [1.54, 1.807) is 11.6 Å². The van der Waals surface area contributed by atoms with Gasteiger partial charge in [0.1, 0.15) is 5.69 Å². The lowest BCUT2D eigenvalue weighted by atomic mass is 10.4. The maximum atomic E-state index is 12.0. The average molecular weight is 291 g/mol. The van der Waals surface area contributed by atoms with Gasteiger partial charge in [0.25, 0.3) is 5.56 Å². The molecule has 0 aliphatic rings. The van der Waals surface area contributed by atoms with Crippen LogP contribution in [0.15, 0.2) is 4.79 Å². The number of nitrogen functional groups attached to an aromatic ring is 1. The summed E-state index contributed by atoms with van der Waals surface area (Å²) in [4.78, 5) is 12.0. The molecule has 110 valence electrons. The second-order valence-corrected chi connectivity index (χ2v) is 6.65. The van der Waals surface area contributed by atoms with Crippen LogP contribution in [0.5, 0.6) is 0 Å². The van der Waals surface area contributed by atoms with E-state index in [4.69, 9.17) is 10.5 Å². The van der Waals surface area contributed by atoms with Crippen molar-refractivity contribution in [1.82, 2.24) is 9.36 Å².